The SMILES string of the molecule is CCCC(O)c1cc(C)c(-c2cc3nc(NC(=O)C4CC4)sc3n3ncnc23)cn1. The molecule has 1 aliphatic carbocycles. The average molecular weight is 423 g/mol. The maximum absolute atomic E-state index is 12.1. The Morgan fingerprint density at radius 3 is 2.90 bits per heavy atom. The average Bonchev–Trinajstić information content (AvgIpc) is 3.32. The lowest BCUT2D eigenvalue weighted by Gasteiger charge is -2.12. The zero-order chi connectivity index (χ0) is 20.8. The van der Waals surface area contributed by atoms with E-state index in [-0.39, 0.29) is 11.8 Å². The first-order valence-electron chi connectivity index (χ1n) is 10.1. The van der Waals surface area contributed by atoms with Gasteiger partial charge in [0.15, 0.2) is 10.8 Å². The number of aromatic nitrogens is 5. The Kier molecular flexibility index (Phi) is 4.71. The molecule has 1 amide bonds. The van der Waals surface area contributed by atoms with Gasteiger partial charge in [-0.3, -0.25) is 9.78 Å². The number of carbonyl (C=O) groups is 1. The first-order valence-corrected chi connectivity index (χ1v) is 11.0. The number of aryl methyl sites for hydroxylation is 1. The molecule has 1 atom stereocenters. The van der Waals surface area contributed by atoms with Crippen LogP contribution in [0.2, 0.25) is 0 Å². The summed E-state index contributed by atoms with van der Waals surface area (Å²) in [5, 5.41) is 18.1. The Labute approximate surface area is 177 Å². The van der Waals surface area contributed by atoms with E-state index >= 15 is 0 Å². The van der Waals surface area contributed by atoms with Gasteiger partial charge < -0.3 is 10.4 Å². The number of pyridine rings is 2. The molecule has 1 saturated carbocycles. The molecule has 4 heterocycles. The smallest absolute Gasteiger partial charge is 0.229 e. The van der Waals surface area contributed by atoms with Crippen molar-refractivity contribution in [2.75, 3.05) is 5.32 Å². The first-order chi connectivity index (χ1) is 14.5. The van der Waals surface area contributed by atoms with Crippen LogP contribution in [0.4, 0.5) is 5.13 Å². The monoisotopic (exact) mass is 422 g/mol. The topological polar surface area (TPSA) is 105 Å². The maximum atomic E-state index is 12.1. The predicted octanol–water partition coefficient (Wildman–Crippen LogP) is 3.89. The van der Waals surface area contributed by atoms with Crippen molar-refractivity contribution < 1.29 is 9.90 Å². The summed E-state index contributed by atoms with van der Waals surface area (Å²) in [7, 11) is 0. The van der Waals surface area contributed by atoms with Crippen molar-refractivity contribution in [2.45, 2.75) is 45.6 Å². The zero-order valence-electron chi connectivity index (χ0n) is 16.8. The molecule has 9 heteroatoms. The van der Waals surface area contributed by atoms with Crippen LogP contribution in [0.1, 0.15) is 50.0 Å². The molecule has 1 unspecified atom stereocenters. The molecule has 5 rings (SSSR count). The number of hydrogen-bond acceptors (Lipinski definition) is 7. The lowest BCUT2D eigenvalue weighted by molar-refractivity contribution is -0.117. The fourth-order valence-corrected chi connectivity index (χ4v) is 4.52. The summed E-state index contributed by atoms with van der Waals surface area (Å²) in [5.74, 6) is 0.152. The quantitative estimate of drug-likeness (QED) is 0.488. The van der Waals surface area contributed by atoms with E-state index in [4.69, 9.17) is 0 Å². The van der Waals surface area contributed by atoms with Gasteiger partial charge in [0.05, 0.1) is 11.8 Å². The lowest BCUT2D eigenvalue weighted by atomic mass is 10.0. The summed E-state index contributed by atoms with van der Waals surface area (Å²) < 4.78 is 1.76. The third kappa shape index (κ3) is 3.33. The van der Waals surface area contributed by atoms with Crippen molar-refractivity contribution in [3.05, 3.63) is 35.9 Å². The largest absolute Gasteiger partial charge is 0.387 e. The van der Waals surface area contributed by atoms with Gasteiger partial charge in [-0.1, -0.05) is 24.7 Å². The van der Waals surface area contributed by atoms with Gasteiger partial charge in [0.1, 0.15) is 16.7 Å². The molecule has 30 heavy (non-hydrogen) atoms. The molecule has 1 fully saturated rings. The Morgan fingerprint density at radius 2 is 2.17 bits per heavy atom. The van der Waals surface area contributed by atoms with Gasteiger partial charge in [0.2, 0.25) is 5.91 Å². The second-order valence-corrected chi connectivity index (χ2v) is 8.73. The van der Waals surface area contributed by atoms with Gasteiger partial charge in [-0.2, -0.15) is 5.10 Å². The Morgan fingerprint density at radius 1 is 1.33 bits per heavy atom. The van der Waals surface area contributed by atoms with Crippen LogP contribution in [0, 0.1) is 12.8 Å². The number of rotatable bonds is 6. The van der Waals surface area contributed by atoms with E-state index in [1.165, 1.54) is 17.7 Å². The number of nitrogens with zero attached hydrogens (tertiary/aromatic N) is 5. The van der Waals surface area contributed by atoms with Crippen LogP contribution in [-0.2, 0) is 4.79 Å². The minimum Gasteiger partial charge on any atom is -0.387 e. The Bertz CT molecular complexity index is 1260. The van der Waals surface area contributed by atoms with Crippen molar-refractivity contribution in [1.29, 1.82) is 0 Å². The molecule has 0 bridgehead atoms. The molecule has 4 aromatic heterocycles. The maximum Gasteiger partial charge on any atom is 0.229 e. The van der Waals surface area contributed by atoms with Gasteiger partial charge in [-0.25, -0.2) is 14.5 Å². The highest BCUT2D eigenvalue weighted by molar-refractivity contribution is 7.22. The van der Waals surface area contributed by atoms with Crippen LogP contribution < -0.4 is 5.32 Å². The summed E-state index contributed by atoms with van der Waals surface area (Å²) in [5.41, 5.74) is 4.91. The highest BCUT2D eigenvalue weighted by Gasteiger charge is 2.30. The van der Waals surface area contributed by atoms with Gasteiger partial charge in [-0.05, 0) is 43.9 Å². The number of nitrogens with one attached hydrogen (secondary N) is 1. The van der Waals surface area contributed by atoms with Gasteiger partial charge in [-0.15, -0.1) is 0 Å². The Balaban J connectivity index is 1.58. The van der Waals surface area contributed by atoms with Gasteiger partial charge in [0, 0.05) is 23.2 Å². The molecule has 154 valence electrons. The molecular formula is C21H22N6O2S. The standard InChI is InChI=1S/C21H22N6O2S/c1-3-4-17(28)15-7-11(2)14(9-22-15)13-8-16-20(27-18(13)23-10-24-27)30-21(25-16)26-19(29)12-5-6-12/h7-10,12,17,28H,3-6H2,1-2H3,(H,25,26,29). The van der Waals surface area contributed by atoms with Crippen molar-refractivity contribution in [3.8, 4) is 11.1 Å². The Hall–Kier alpha value is -2.91. The van der Waals surface area contributed by atoms with Crippen molar-refractivity contribution in [1.82, 2.24) is 24.6 Å². The molecular weight excluding hydrogens is 400 g/mol. The van der Waals surface area contributed by atoms with Crippen LogP contribution in [-0.4, -0.2) is 35.6 Å². The minimum atomic E-state index is -0.561. The third-order valence-electron chi connectivity index (χ3n) is 5.40. The number of anilines is 1. The van der Waals surface area contributed by atoms with Crippen LogP contribution in [0.15, 0.2) is 24.7 Å². The summed E-state index contributed by atoms with van der Waals surface area (Å²) in [6.45, 7) is 4.04. The van der Waals surface area contributed by atoms with Crippen LogP contribution in [0.5, 0.6) is 0 Å². The van der Waals surface area contributed by atoms with Crippen LogP contribution in [0.25, 0.3) is 27.1 Å². The third-order valence-corrected chi connectivity index (χ3v) is 6.36. The predicted molar refractivity (Wildman–Crippen MR) is 115 cm³/mol. The fraction of sp³-hybridized carbons (Fsp3) is 0.381. The molecule has 0 saturated heterocycles. The van der Waals surface area contributed by atoms with Crippen molar-refractivity contribution >= 4 is 38.4 Å². The number of fused-ring (bicyclic) bond motifs is 3. The van der Waals surface area contributed by atoms with E-state index in [1.54, 1.807) is 10.7 Å². The van der Waals surface area contributed by atoms with Crippen molar-refractivity contribution in [3.63, 3.8) is 0 Å². The number of aliphatic hydroxyl groups excluding tert-OH is 1. The fourth-order valence-electron chi connectivity index (χ4n) is 3.61. The number of aliphatic hydroxyl groups is 1. The van der Waals surface area contributed by atoms with Crippen LogP contribution in [0.3, 0.4) is 0 Å². The van der Waals surface area contributed by atoms with E-state index in [2.05, 4.69) is 25.4 Å². The van der Waals surface area contributed by atoms with E-state index in [0.717, 1.165) is 46.3 Å². The number of hydrogen-bond donors (Lipinski definition) is 2. The summed E-state index contributed by atoms with van der Waals surface area (Å²) in [6.07, 6.45) is 6.20. The molecule has 0 aromatic carbocycles. The van der Waals surface area contributed by atoms with E-state index in [0.29, 0.717) is 22.9 Å². The van der Waals surface area contributed by atoms with Gasteiger partial charge >= 0.3 is 0 Å². The molecule has 0 radical (unpaired) electrons. The number of carbonyl (C=O) groups excluding carboxylic acids is 1. The summed E-state index contributed by atoms with van der Waals surface area (Å²) in [4.78, 5) is 26.5. The minimum absolute atomic E-state index is 0.0328. The molecule has 2 N–H and O–H groups in total. The van der Waals surface area contributed by atoms with Gasteiger partial charge in [0.25, 0.3) is 0 Å². The highest BCUT2D eigenvalue weighted by Crippen LogP contribution is 2.35. The van der Waals surface area contributed by atoms with E-state index < -0.39 is 6.10 Å². The highest BCUT2D eigenvalue weighted by atomic mass is 32.1. The molecule has 8 nitrogen and oxygen atoms in total. The molecule has 1 aliphatic rings. The molecule has 0 aliphatic heterocycles. The number of thiazole rings is 1. The second kappa shape index (κ2) is 7.41. The zero-order valence-corrected chi connectivity index (χ0v) is 17.6. The summed E-state index contributed by atoms with van der Waals surface area (Å²) in [6, 6.07) is 3.89. The molecule has 0 spiro atoms. The first kappa shape index (κ1) is 19.1. The van der Waals surface area contributed by atoms with E-state index in [1.807, 2.05) is 26.0 Å². The van der Waals surface area contributed by atoms with Crippen molar-refractivity contribution in [2.24, 2.45) is 5.92 Å². The number of amides is 1. The van der Waals surface area contributed by atoms with Crippen LogP contribution >= 0.6 is 11.3 Å². The lowest BCUT2D eigenvalue weighted by Crippen LogP contribution is -2.12. The normalized spacial score (nSPS) is 15.0. The van der Waals surface area contributed by atoms with E-state index in [9.17, 15) is 9.90 Å². The second-order valence-electron chi connectivity index (χ2n) is 7.75. The molecule has 4 aromatic rings. The summed E-state index contributed by atoms with van der Waals surface area (Å²) >= 11 is 1.39.